The van der Waals surface area contributed by atoms with Crippen molar-refractivity contribution in [2.24, 2.45) is 5.73 Å². The molecule has 3 nitrogen and oxygen atoms in total. The molecule has 0 fully saturated rings. The fraction of sp³-hybridized carbons (Fsp3) is 0.0833. The van der Waals surface area contributed by atoms with Crippen LogP contribution >= 0.6 is 11.3 Å². The van der Waals surface area contributed by atoms with E-state index in [1.165, 1.54) is 15.6 Å². The average Bonchev–Trinajstić information content (AvgIpc) is 2.94. The Morgan fingerprint density at radius 3 is 3.00 bits per heavy atom. The summed E-state index contributed by atoms with van der Waals surface area (Å²) in [6.07, 6.45) is 0. The Balaban J connectivity index is 2.18. The van der Waals surface area contributed by atoms with Crippen molar-refractivity contribution in [3.05, 3.63) is 41.4 Å². The van der Waals surface area contributed by atoms with Crippen LogP contribution in [-0.4, -0.2) is 10.2 Å². The van der Waals surface area contributed by atoms with Crippen molar-refractivity contribution < 1.29 is 0 Å². The van der Waals surface area contributed by atoms with Gasteiger partial charge in [-0.1, -0.05) is 18.2 Å². The van der Waals surface area contributed by atoms with Crippen molar-refractivity contribution >= 4 is 21.4 Å². The van der Waals surface area contributed by atoms with Crippen LogP contribution in [0.25, 0.3) is 21.3 Å². The molecule has 1 aromatic carbocycles. The molecule has 0 atom stereocenters. The van der Waals surface area contributed by atoms with E-state index >= 15 is 0 Å². The third-order valence-corrected chi connectivity index (χ3v) is 3.57. The lowest BCUT2D eigenvalue weighted by Crippen LogP contribution is -1.95. The Labute approximate surface area is 96.9 Å². The molecule has 0 aliphatic rings. The lowest BCUT2D eigenvalue weighted by atomic mass is 10.1. The van der Waals surface area contributed by atoms with E-state index in [0.29, 0.717) is 6.54 Å². The maximum absolute atomic E-state index is 5.56. The first-order valence-corrected chi connectivity index (χ1v) is 5.97. The van der Waals surface area contributed by atoms with Gasteiger partial charge in [0.25, 0.3) is 0 Å². The highest BCUT2D eigenvalue weighted by atomic mass is 32.1. The Kier molecular flexibility index (Phi) is 2.23. The van der Waals surface area contributed by atoms with Gasteiger partial charge in [-0.15, -0.1) is 11.3 Å². The number of benzene rings is 1. The normalized spacial score (nSPS) is 11.1. The van der Waals surface area contributed by atoms with Crippen molar-refractivity contribution in [1.29, 1.82) is 0 Å². The number of rotatable bonds is 2. The van der Waals surface area contributed by atoms with Crippen LogP contribution in [0.4, 0.5) is 0 Å². The van der Waals surface area contributed by atoms with Crippen LogP contribution in [0.2, 0.25) is 0 Å². The molecule has 2 heterocycles. The topological polar surface area (TPSA) is 54.7 Å². The largest absolute Gasteiger partial charge is 0.325 e. The van der Waals surface area contributed by atoms with Crippen LogP contribution in [0, 0.1) is 0 Å². The molecular weight excluding hydrogens is 218 g/mol. The zero-order valence-corrected chi connectivity index (χ0v) is 9.42. The standard InChI is InChI=1S/C12H11N3S/c13-6-8-5-11(15-14-8)10-7-16-12-4-2-1-3-9(10)12/h1-5,7H,6,13H2,(H,14,15). The molecule has 4 heteroatoms. The van der Waals surface area contributed by atoms with Crippen LogP contribution in [0.3, 0.4) is 0 Å². The van der Waals surface area contributed by atoms with Crippen LogP contribution in [-0.2, 0) is 6.54 Å². The number of nitrogens with one attached hydrogen (secondary N) is 1. The van der Waals surface area contributed by atoms with Gasteiger partial charge in [-0.05, 0) is 12.1 Å². The zero-order valence-electron chi connectivity index (χ0n) is 8.60. The number of thiophene rings is 1. The van der Waals surface area contributed by atoms with E-state index in [1.807, 2.05) is 6.07 Å². The summed E-state index contributed by atoms with van der Waals surface area (Å²) in [5, 5.41) is 10.6. The van der Waals surface area contributed by atoms with Crippen molar-refractivity contribution in [1.82, 2.24) is 10.2 Å². The summed E-state index contributed by atoms with van der Waals surface area (Å²) in [4.78, 5) is 0. The van der Waals surface area contributed by atoms with E-state index in [9.17, 15) is 0 Å². The molecule has 3 rings (SSSR count). The smallest absolute Gasteiger partial charge is 0.0938 e. The number of aromatic nitrogens is 2. The van der Waals surface area contributed by atoms with Gasteiger partial charge in [0.2, 0.25) is 0 Å². The second kappa shape index (κ2) is 3.73. The quantitative estimate of drug-likeness (QED) is 0.710. The lowest BCUT2D eigenvalue weighted by Gasteiger charge is -1.92. The maximum Gasteiger partial charge on any atom is 0.0938 e. The van der Waals surface area contributed by atoms with Crippen LogP contribution in [0.15, 0.2) is 35.7 Å². The second-order valence-electron chi connectivity index (χ2n) is 3.63. The minimum Gasteiger partial charge on any atom is -0.325 e. The number of aromatic amines is 1. The molecule has 0 radical (unpaired) electrons. The molecule has 0 bridgehead atoms. The number of hydrogen-bond donors (Lipinski definition) is 2. The highest BCUT2D eigenvalue weighted by Gasteiger charge is 2.08. The number of nitrogens with zero attached hydrogens (tertiary/aromatic N) is 1. The van der Waals surface area contributed by atoms with E-state index < -0.39 is 0 Å². The van der Waals surface area contributed by atoms with Crippen molar-refractivity contribution in [2.45, 2.75) is 6.54 Å². The van der Waals surface area contributed by atoms with E-state index in [0.717, 1.165) is 11.4 Å². The van der Waals surface area contributed by atoms with Gasteiger partial charge in [-0.2, -0.15) is 5.10 Å². The Morgan fingerprint density at radius 1 is 1.31 bits per heavy atom. The second-order valence-corrected chi connectivity index (χ2v) is 4.54. The van der Waals surface area contributed by atoms with Gasteiger partial charge in [0.15, 0.2) is 0 Å². The van der Waals surface area contributed by atoms with Gasteiger partial charge >= 0.3 is 0 Å². The van der Waals surface area contributed by atoms with Gasteiger partial charge in [0, 0.05) is 33.3 Å². The molecule has 80 valence electrons. The number of hydrogen-bond acceptors (Lipinski definition) is 3. The van der Waals surface area contributed by atoms with E-state index in [4.69, 9.17) is 5.73 Å². The van der Waals surface area contributed by atoms with Crippen molar-refractivity contribution in [3.63, 3.8) is 0 Å². The average molecular weight is 229 g/mol. The summed E-state index contributed by atoms with van der Waals surface area (Å²) in [7, 11) is 0. The Bertz CT molecular complexity index is 624. The highest BCUT2D eigenvalue weighted by molar-refractivity contribution is 7.17. The van der Waals surface area contributed by atoms with Crippen molar-refractivity contribution in [2.75, 3.05) is 0 Å². The third kappa shape index (κ3) is 1.43. The molecule has 16 heavy (non-hydrogen) atoms. The lowest BCUT2D eigenvalue weighted by molar-refractivity contribution is 0.949. The number of nitrogens with two attached hydrogens (primary N) is 1. The predicted molar refractivity (Wildman–Crippen MR) is 67.3 cm³/mol. The number of fused-ring (bicyclic) bond motifs is 1. The maximum atomic E-state index is 5.56. The first-order valence-electron chi connectivity index (χ1n) is 5.09. The van der Waals surface area contributed by atoms with Gasteiger partial charge in [-0.3, -0.25) is 5.10 Å². The molecule has 0 aliphatic carbocycles. The van der Waals surface area contributed by atoms with Gasteiger partial charge in [0.1, 0.15) is 0 Å². The summed E-state index contributed by atoms with van der Waals surface area (Å²) in [6.45, 7) is 0.495. The molecule has 0 saturated carbocycles. The van der Waals surface area contributed by atoms with E-state index in [1.54, 1.807) is 11.3 Å². The fourth-order valence-electron chi connectivity index (χ4n) is 1.78. The third-order valence-electron chi connectivity index (χ3n) is 2.61. The first kappa shape index (κ1) is 9.57. The molecule has 0 saturated heterocycles. The van der Waals surface area contributed by atoms with E-state index in [2.05, 4.69) is 39.8 Å². The van der Waals surface area contributed by atoms with Crippen LogP contribution in [0.5, 0.6) is 0 Å². The molecule has 0 aliphatic heterocycles. The van der Waals surface area contributed by atoms with Gasteiger partial charge < -0.3 is 5.73 Å². The SMILES string of the molecule is NCc1cc(-c2csc3ccccc23)n[nH]1. The molecule has 0 amide bonds. The molecular formula is C12H11N3S. The minimum atomic E-state index is 0.495. The number of H-pyrrole nitrogens is 1. The highest BCUT2D eigenvalue weighted by Crippen LogP contribution is 2.32. The summed E-state index contributed by atoms with van der Waals surface area (Å²) < 4.78 is 1.29. The zero-order chi connectivity index (χ0) is 11.0. The summed E-state index contributed by atoms with van der Waals surface area (Å²) in [6, 6.07) is 10.4. The monoisotopic (exact) mass is 229 g/mol. The van der Waals surface area contributed by atoms with Crippen LogP contribution < -0.4 is 5.73 Å². The van der Waals surface area contributed by atoms with Crippen molar-refractivity contribution in [3.8, 4) is 11.3 Å². The Hall–Kier alpha value is -1.65. The van der Waals surface area contributed by atoms with Gasteiger partial charge in [0.05, 0.1) is 5.69 Å². The predicted octanol–water partition coefficient (Wildman–Crippen LogP) is 2.75. The molecule has 0 spiro atoms. The van der Waals surface area contributed by atoms with E-state index in [-0.39, 0.29) is 0 Å². The summed E-state index contributed by atoms with van der Waals surface area (Å²) in [5.74, 6) is 0. The van der Waals surface area contributed by atoms with Gasteiger partial charge in [-0.25, -0.2) is 0 Å². The molecule has 0 unspecified atom stereocenters. The summed E-state index contributed by atoms with van der Waals surface area (Å²) in [5.41, 5.74) is 8.67. The molecule has 2 aromatic heterocycles. The fourth-order valence-corrected chi connectivity index (χ4v) is 2.73. The molecule has 3 N–H and O–H groups in total. The summed E-state index contributed by atoms with van der Waals surface area (Å²) >= 11 is 1.74. The molecule has 3 aromatic rings. The Morgan fingerprint density at radius 2 is 2.19 bits per heavy atom. The minimum absolute atomic E-state index is 0.495. The first-order chi connectivity index (χ1) is 7.88. The van der Waals surface area contributed by atoms with Crippen LogP contribution in [0.1, 0.15) is 5.69 Å².